The van der Waals surface area contributed by atoms with Gasteiger partial charge in [-0.05, 0) is 67.0 Å². The number of pyridine rings is 1. The predicted molar refractivity (Wildman–Crippen MR) is 78.5 cm³/mol. The molecule has 1 aromatic heterocycles. The normalized spacial score (nSPS) is 38.6. The highest BCUT2D eigenvalue weighted by Gasteiger charge is 2.66. The van der Waals surface area contributed by atoms with E-state index in [-0.39, 0.29) is 0 Å². The molecular weight excluding hydrogens is 248 g/mol. The molecule has 3 aliphatic rings. The van der Waals surface area contributed by atoms with Crippen molar-refractivity contribution >= 4 is 0 Å². The first-order valence-electron chi connectivity index (χ1n) is 8.05. The summed E-state index contributed by atoms with van der Waals surface area (Å²) in [5, 5.41) is 3.71. The van der Waals surface area contributed by atoms with Crippen LogP contribution in [-0.4, -0.2) is 18.6 Å². The lowest BCUT2D eigenvalue weighted by atomic mass is 9.93. The number of ether oxygens (including phenoxy) is 1. The number of aromatic nitrogens is 1. The van der Waals surface area contributed by atoms with Gasteiger partial charge in [0.15, 0.2) is 0 Å². The lowest BCUT2D eigenvalue weighted by molar-refractivity contribution is 0.370. The SMILES string of the molecule is CCNC(c1cncc(OC)c1)C1C2C3CCC(C3)C21. The van der Waals surface area contributed by atoms with Crippen LogP contribution in [0.5, 0.6) is 5.75 Å². The minimum Gasteiger partial charge on any atom is -0.495 e. The van der Waals surface area contributed by atoms with Gasteiger partial charge in [-0.1, -0.05) is 6.92 Å². The van der Waals surface area contributed by atoms with Crippen molar-refractivity contribution < 1.29 is 4.74 Å². The van der Waals surface area contributed by atoms with E-state index in [0.717, 1.165) is 41.9 Å². The van der Waals surface area contributed by atoms with Gasteiger partial charge in [0.2, 0.25) is 0 Å². The van der Waals surface area contributed by atoms with Gasteiger partial charge in [-0.15, -0.1) is 0 Å². The summed E-state index contributed by atoms with van der Waals surface area (Å²) in [5.74, 6) is 5.74. The second kappa shape index (κ2) is 4.73. The zero-order valence-corrected chi connectivity index (χ0v) is 12.4. The number of hydrogen-bond donors (Lipinski definition) is 1. The van der Waals surface area contributed by atoms with Crippen LogP contribution in [0.3, 0.4) is 0 Å². The third kappa shape index (κ3) is 1.79. The third-order valence-electron chi connectivity index (χ3n) is 5.93. The standard InChI is InChI=1S/C17H24N2O/c1-3-19-17(12-7-13(20-2)9-18-8-12)16-14-10-4-5-11(6-10)15(14)16/h7-11,14-17,19H,3-6H2,1-2H3. The highest BCUT2D eigenvalue weighted by molar-refractivity contribution is 5.29. The number of methoxy groups -OCH3 is 1. The van der Waals surface area contributed by atoms with E-state index in [1.165, 1.54) is 24.8 Å². The van der Waals surface area contributed by atoms with Gasteiger partial charge in [0.25, 0.3) is 0 Å². The molecule has 1 N–H and O–H groups in total. The van der Waals surface area contributed by atoms with Crippen LogP contribution in [0.4, 0.5) is 0 Å². The summed E-state index contributed by atoms with van der Waals surface area (Å²) in [6, 6.07) is 2.64. The van der Waals surface area contributed by atoms with Gasteiger partial charge < -0.3 is 10.1 Å². The summed E-state index contributed by atoms with van der Waals surface area (Å²) >= 11 is 0. The Morgan fingerprint density at radius 2 is 2.05 bits per heavy atom. The van der Waals surface area contributed by atoms with Crippen LogP contribution in [0.25, 0.3) is 0 Å². The fourth-order valence-electron chi connectivity index (χ4n) is 5.25. The number of hydrogen-bond acceptors (Lipinski definition) is 3. The maximum Gasteiger partial charge on any atom is 0.137 e. The molecule has 2 bridgehead atoms. The first-order chi connectivity index (χ1) is 9.83. The van der Waals surface area contributed by atoms with E-state index in [4.69, 9.17) is 4.74 Å². The Balaban J connectivity index is 1.59. The van der Waals surface area contributed by atoms with E-state index >= 15 is 0 Å². The fourth-order valence-corrected chi connectivity index (χ4v) is 5.25. The van der Waals surface area contributed by atoms with Crippen LogP contribution in [0.15, 0.2) is 18.5 Å². The molecule has 1 aromatic rings. The van der Waals surface area contributed by atoms with E-state index in [0.29, 0.717) is 6.04 Å². The van der Waals surface area contributed by atoms with E-state index in [2.05, 4.69) is 23.3 Å². The molecule has 3 heteroatoms. The van der Waals surface area contributed by atoms with Crippen molar-refractivity contribution in [2.24, 2.45) is 29.6 Å². The quantitative estimate of drug-likeness (QED) is 0.894. The molecule has 0 aromatic carbocycles. The molecule has 0 aliphatic heterocycles. The van der Waals surface area contributed by atoms with Crippen LogP contribution < -0.4 is 10.1 Å². The van der Waals surface area contributed by atoms with Crippen molar-refractivity contribution in [2.75, 3.05) is 13.7 Å². The van der Waals surface area contributed by atoms with E-state index in [1.807, 2.05) is 6.20 Å². The monoisotopic (exact) mass is 272 g/mol. The topological polar surface area (TPSA) is 34.2 Å². The summed E-state index contributed by atoms with van der Waals surface area (Å²) in [6.45, 7) is 3.22. The van der Waals surface area contributed by atoms with Crippen LogP contribution in [0, 0.1) is 29.6 Å². The lowest BCUT2D eigenvalue weighted by Gasteiger charge is -2.22. The third-order valence-corrected chi connectivity index (χ3v) is 5.93. The van der Waals surface area contributed by atoms with Crippen molar-refractivity contribution in [1.29, 1.82) is 0 Å². The average molecular weight is 272 g/mol. The molecule has 5 unspecified atom stereocenters. The second-order valence-electron chi connectivity index (χ2n) is 6.76. The molecule has 0 amide bonds. The van der Waals surface area contributed by atoms with Gasteiger partial charge in [0, 0.05) is 12.2 Å². The number of fused-ring (bicyclic) bond motifs is 5. The zero-order chi connectivity index (χ0) is 13.7. The van der Waals surface area contributed by atoms with Crippen LogP contribution in [0.2, 0.25) is 0 Å². The molecule has 20 heavy (non-hydrogen) atoms. The zero-order valence-electron chi connectivity index (χ0n) is 12.4. The molecule has 0 saturated heterocycles. The van der Waals surface area contributed by atoms with E-state index < -0.39 is 0 Å². The van der Waals surface area contributed by atoms with Crippen molar-refractivity contribution in [3.05, 3.63) is 24.0 Å². The Hall–Kier alpha value is -1.09. The number of nitrogens with one attached hydrogen (secondary N) is 1. The Labute approximate surface area is 121 Å². The van der Waals surface area contributed by atoms with Crippen molar-refractivity contribution in [3.8, 4) is 5.75 Å². The molecule has 4 rings (SSSR count). The molecule has 1 heterocycles. The predicted octanol–water partition coefficient (Wildman–Crippen LogP) is 3.03. The minimum absolute atomic E-state index is 0.473. The minimum atomic E-state index is 0.473. The molecule has 0 radical (unpaired) electrons. The van der Waals surface area contributed by atoms with Gasteiger partial charge in [-0.2, -0.15) is 0 Å². The number of rotatable bonds is 5. The molecule has 0 spiro atoms. The Kier molecular flexibility index (Phi) is 2.99. The molecule has 3 saturated carbocycles. The molecule has 5 atom stereocenters. The van der Waals surface area contributed by atoms with Crippen LogP contribution in [0.1, 0.15) is 37.8 Å². The average Bonchev–Trinajstić information content (AvgIpc) is 2.90. The first-order valence-corrected chi connectivity index (χ1v) is 8.05. The van der Waals surface area contributed by atoms with Gasteiger partial charge in [-0.25, -0.2) is 0 Å². The summed E-state index contributed by atoms with van der Waals surface area (Å²) in [6.07, 6.45) is 8.30. The summed E-state index contributed by atoms with van der Waals surface area (Å²) in [7, 11) is 1.72. The highest BCUT2D eigenvalue weighted by Crippen LogP contribution is 2.72. The largest absolute Gasteiger partial charge is 0.495 e. The van der Waals surface area contributed by atoms with Crippen molar-refractivity contribution in [1.82, 2.24) is 10.3 Å². The first kappa shape index (κ1) is 12.6. The molecule has 3 aliphatic carbocycles. The molecular formula is C17H24N2O. The van der Waals surface area contributed by atoms with Gasteiger partial charge in [0.1, 0.15) is 5.75 Å². The van der Waals surface area contributed by atoms with Crippen LogP contribution >= 0.6 is 0 Å². The summed E-state index contributed by atoms with van der Waals surface area (Å²) in [5.41, 5.74) is 1.31. The summed E-state index contributed by atoms with van der Waals surface area (Å²) in [4.78, 5) is 4.35. The lowest BCUT2D eigenvalue weighted by Crippen LogP contribution is -2.25. The Morgan fingerprint density at radius 1 is 1.30 bits per heavy atom. The van der Waals surface area contributed by atoms with Crippen molar-refractivity contribution in [2.45, 2.75) is 32.2 Å². The number of nitrogens with zero attached hydrogens (tertiary/aromatic N) is 1. The smallest absolute Gasteiger partial charge is 0.137 e. The highest BCUT2D eigenvalue weighted by atomic mass is 16.5. The summed E-state index contributed by atoms with van der Waals surface area (Å²) < 4.78 is 5.34. The van der Waals surface area contributed by atoms with E-state index in [9.17, 15) is 0 Å². The Morgan fingerprint density at radius 3 is 2.70 bits per heavy atom. The molecule has 3 fully saturated rings. The second-order valence-corrected chi connectivity index (χ2v) is 6.76. The maximum atomic E-state index is 5.34. The van der Waals surface area contributed by atoms with E-state index in [1.54, 1.807) is 13.3 Å². The van der Waals surface area contributed by atoms with Crippen LogP contribution in [-0.2, 0) is 0 Å². The Bertz CT molecular complexity index is 488. The fraction of sp³-hybridized carbons (Fsp3) is 0.706. The maximum absolute atomic E-state index is 5.34. The van der Waals surface area contributed by atoms with Gasteiger partial charge in [0.05, 0.1) is 13.3 Å². The van der Waals surface area contributed by atoms with Crippen molar-refractivity contribution in [3.63, 3.8) is 0 Å². The van der Waals surface area contributed by atoms with Gasteiger partial charge in [-0.3, -0.25) is 4.98 Å². The van der Waals surface area contributed by atoms with Gasteiger partial charge >= 0.3 is 0 Å². The molecule has 3 nitrogen and oxygen atoms in total. The molecule has 108 valence electrons.